The van der Waals surface area contributed by atoms with E-state index in [0.29, 0.717) is 44.2 Å². The zero-order valence-corrected chi connectivity index (χ0v) is 18.1. The lowest BCUT2D eigenvalue weighted by atomic mass is 9.87. The van der Waals surface area contributed by atoms with E-state index in [4.69, 9.17) is 4.74 Å². The van der Waals surface area contributed by atoms with E-state index in [1.54, 1.807) is 12.1 Å². The molecule has 30 heavy (non-hydrogen) atoms. The fraction of sp³-hybridized carbons (Fsp3) is 0.435. The van der Waals surface area contributed by atoms with E-state index in [2.05, 4.69) is 4.90 Å². The van der Waals surface area contributed by atoms with Crippen LogP contribution in [0.1, 0.15) is 17.5 Å². The van der Waals surface area contributed by atoms with Crippen LogP contribution in [0.5, 0.6) is 0 Å². The molecule has 2 heterocycles. The average molecular weight is 429 g/mol. The molecule has 2 aromatic carbocycles. The first-order valence-electron chi connectivity index (χ1n) is 10.2. The van der Waals surface area contributed by atoms with Gasteiger partial charge in [-0.05, 0) is 23.3 Å². The second-order valence-electron chi connectivity index (χ2n) is 8.59. The van der Waals surface area contributed by atoms with Gasteiger partial charge in [-0.3, -0.25) is 9.69 Å². The van der Waals surface area contributed by atoms with Crippen LogP contribution in [0.4, 0.5) is 0 Å². The second-order valence-corrected chi connectivity index (χ2v) is 10.6. The zero-order valence-electron chi connectivity index (χ0n) is 17.3. The van der Waals surface area contributed by atoms with Crippen molar-refractivity contribution >= 4 is 15.7 Å². The SMILES string of the molecule is CS(=O)(=O)c1ccc(CN2CCOCC3(CC(=O)N(Cc4ccccc4)C3)C2)cc1. The fourth-order valence-corrected chi connectivity index (χ4v) is 5.08. The highest BCUT2D eigenvalue weighted by Gasteiger charge is 2.45. The van der Waals surface area contributed by atoms with Gasteiger partial charge in [0.05, 0.1) is 18.1 Å². The molecule has 4 rings (SSSR count). The monoisotopic (exact) mass is 428 g/mol. The minimum atomic E-state index is -3.19. The van der Waals surface area contributed by atoms with Gasteiger partial charge in [0, 0.05) is 50.8 Å². The van der Waals surface area contributed by atoms with Crippen LogP contribution in [0.3, 0.4) is 0 Å². The molecule has 0 aromatic heterocycles. The first kappa shape index (κ1) is 21.0. The van der Waals surface area contributed by atoms with Crippen molar-refractivity contribution in [1.29, 1.82) is 0 Å². The fourth-order valence-electron chi connectivity index (χ4n) is 4.45. The Kier molecular flexibility index (Phi) is 5.95. The van der Waals surface area contributed by atoms with Gasteiger partial charge in [0.2, 0.25) is 5.91 Å². The highest BCUT2D eigenvalue weighted by atomic mass is 32.2. The minimum Gasteiger partial charge on any atom is -0.379 e. The van der Waals surface area contributed by atoms with Gasteiger partial charge >= 0.3 is 0 Å². The lowest BCUT2D eigenvalue weighted by Gasteiger charge is -2.31. The van der Waals surface area contributed by atoms with E-state index >= 15 is 0 Å². The Hall–Kier alpha value is -2.22. The Morgan fingerprint density at radius 1 is 0.967 bits per heavy atom. The van der Waals surface area contributed by atoms with Crippen molar-refractivity contribution in [2.75, 3.05) is 39.1 Å². The summed E-state index contributed by atoms with van der Waals surface area (Å²) in [5.74, 6) is 0.182. The lowest BCUT2D eigenvalue weighted by molar-refractivity contribution is -0.128. The topological polar surface area (TPSA) is 66.9 Å². The van der Waals surface area contributed by atoms with Crippen LogP contribution in [0.15, 0.2) is 59.5 Å². The van der Waals surface area contributed by atoms with Crippen molar-refractivity contribution in [2.24, 2.45) is 5.41 Å². The zero-order chi connectivity index (χ0) is 21.2. The summed E-state index contributed by atoms with van der Waals surface area (Å²) < 4.78 is 29.3. The third-order valence-corrected chi connectivity index (χ3v) is 7.03. The summed E-state index contributed by atoms with van der Waals surface area (Å²) in [7, 11) is -3.19. The smallest absolute Gasteiger partial charge is 0.223 e. The van der Waals surface area contributed by atoms with Crippen molar-refractivity contribution < 1.29 is 17.9 Å². The molecule has 2 aliphatic rings. The van der Waals surface area contributed by atoms with E-state index in [1.807, 2.05) is 47.4 Å². The molecule has 0 N–H and O–H groups in total. The van der Waals surface area contributed by atoms with Gasteiger partial charge < -0.3 is 9.64 Å². The molecule has 2 aliphatic heterocycles. The molecule has 0 saturated carbocycles. The quantitative estimate of drug-likeness (QED) is 0.731. The number of nitrogens with zero attached hydrogens (tertiary/aromatic N) is 2. The van der Waals surface area contributed by atoms with Crippen LogP contribution in [0.25, 0.3) is 0 Å². The summed E-state index contributed by atoms with van der Waals surface area (Å²) >= 11 is 0. The Balaban J connectivity index is 1.44. The molecule has 1 spiro atoms. The van der Waals surface area contributed by atoms with Crippen LogP contribution in [-0.4, -0.2) is 63.2 Å². The first-order valence-corrected chi connectivity index (χ1v) is 12.1. The molecule has 160 valence electrons. The number of rotatable bonds is 5. The van der Waals surface area contributed by atoms with Crippen molar-refractivity contribution in [3.05, 3.63) is 65.7 Å². The molecule has 1 amide bonds. The van der Waals surface area contributed by atoms with Crippen LogP contribution >= 0.6 is 0 Å². The molecule has 7 heteroatoms. The van der Waals surface area contributed by atoms with E-state index in [-0.39, 0.29) is 11.3 Å². The van der Waals surface area contributed by atoms with Crippen LogP contribution in [-0.2, 0) is 32.5 Å². The highest BCUT2D eigenvalue weighted by molar-refractivity contribution is 7.90. The highest BCUT2D eigenvalue weighted by Crippen LogP contribution is 2.35. The number of likely N-dealkylation sites (tertiary alicyclic amines) is 1. The van der Waals surface area contributed by atoms with Crippen LogP contribution in [0.2, 0.25) is 0 Å². The summed E-state index contributed by atoms with van der Waals surface area (Å²) in [6, 6.07) is 17.1. The molecule has 2 fully saturated rings. The van der Waals surface area contributed by atoms with Gasteiger partial charge in [-0.1, -0.05) is 42.5 Å². The maximum Gasteiger partial charge on any atom is 0.223 e. The van der Waals surface area contributed by atoms with E-state index in [1.165, 1.54) is 6.26 Å². The van der Waals surface area contributed by atoms with Gasteiger partial charge in [-0.2, -0.15) is 0 Å². The molecule has 0 radical (unpaired) electrons. The molecule has 0 aliphatic carbocycles. The van der Waals surface area contributed by atoms with E-state index in [0.717, 1.165) is 24.2 Å². The Morgan fingerprint density at radius 3 is 2.37 bits per heavy atom. The van der Waals surface area contributed by atoms with Crippen LogP contribution in [0, 0.1) is 5.41 Å². The number of sulfone groups is 1. The number of carbonyl (C=O) groups excluding carboxylic acids is 1. The number of carbonyl (C=O) groups is 1. The number of ether oxygens (including phenoxy) is 1. The Labute approximate surface area is 178 Å². The number of amides is 1. The van der Waals surface area contributed by atoms with Crippen LogP contribution < -0.4 is 0 Å². The molecule has 0 bridgehead atoms. The molecule has 2 saturated heterocycles. The third kappa shape index (κ3) is 4.91. The van der Waals surface area contributed by atoms with Gasteiger partial charge in [0.15, 0.2) is 9.84 Å². The summed E-state index contributed by atoms with van der Waals surface area (Å²) in [6.07, 6.45) is 1.72. The molecular formula is C23H28N2O4S. The molecule has 1 atom stereocenters. The molecule has 6 nitrogen and oxygen atoms in total. The summed E-state index contributed by atoms with van der Waals surface area (Å²) in [5, 5.41) is 0. The van der Waals surface area contributed by atoms with E-state index in [9.17, 15) is 13.2 Å². The molecule has 1 unspecified atom stereocenters. The normalized spacial score (nSPS) is 23.1. The van der Waals surface area contributed by atoms with Gasteiger partial charge in [0.1, 0.15) is 0 Å². The second kappa shape index (κ2) is 8.49. The maximum atomic E-state index is 12.8. The molecular weight excluding hydrogens is 400 g/mol. The van der Waals surface area contributed by atoms with Gasteiger partial charge in [-0.25, -0.2) is 8.42 Å². The summed E-state index contributed by atoms with van der Waals surface area (Å²) in [4.78, 5) is 17.4. The van der Waals surface area contributed by atoms with Crippen molar-refractivity contribution in [3.63, 3.8) is 0 Å². The number of hydrogen-bond acceptors (Lipinski definition) is 5. The third-order valence-electron chi connectivity index (χ3n) is 5.90. The predicted molar refractivity (Wildman–Crippen MR) is 115 cm³/mol. The number of hydrogen-bond donors (Lipinski definition) is 0. The number of benzene rings is 2. The van der Waals surface area contributed by atoms with Crippen molar-refractivity contribution in [1.82, 2.24) is 9.80 Å². The van der Waals surface area contributed by atoms with Gasteiger partial charge in [-0.15, -0.1) is 0 Å². The molecule has 2 aromatic rings. The van der Waals surface area contributed by atoms with Crippen molar-refractivity contribution in [3.8, 4) is 0 Å². The lowest BCUT2D eigenvalue weighted by Crippen LogP contribution is -2.40. The minimum absolute atomic E-state index is 0.182. The van der Waals surface area contributed by atoms with Crippen molar-refractivity contribution in [2.45, 2.75) is 24.4 Å². The van der Waals surface area contributed by atoms with Gasteiger partial charge in [0.25, 0.3) is 0 Å². The summed E-state index contributed by atoms with van der Waals surface area (Å²) in [5.41, 5.74) is 2.00. The standard InChI is InChI=1S/C23H28N2O4S/c1-30(27,28)21-9-7-20(8-10-21)14-24-11-12-29-18-23(16-24)13-22(26)25(17-23)15-19-5-3-2-4-6-19/h2-10H,11-18H2,1H3. The Morgan fingerprint density at radius 2 is 1.67 bits per heavy atom. The average Bonchev–Trinajstić information content (AvgIpc) is 2.87. The van der Waals surface area contributed by atoms with E-state index < -0.39 is 9.84 Å². The maximum absolute atomic E-state index is 12.8. The Bertz CT molecular complexity index is 992. The first-order chi connectivity index (χ1) is 14.3. The summed E-state index contributed by atoms with van der Waals surface area (Å²) in [6.45, 7) is 4.85. The predicted octanol–water partition coefficient (Wildman–Crippen LogP) is 2.34. The largest absolute Gasteiger partial charge is 0.379 e.